The number of ether oxygens (including phenoxy) is 1. The molecule has 2 aliphatic rings. The summed E-state index contributed by atoms with van der Waals surface area (Å²) in [6.45, 7) is 2.75. The number of nitrogens with zero attached hydrogens (tertiary/aromatic N) is 3. The van der Waals surface area contributed by atoms with Crippen LogP contribution in [0.3, 0.4) is 0 Å². The summed E-state index contributed by atoms with van der Waals surface area (Å²) < 4.78 is 7.46. The topological polar surface area (TPSA) is 59.4 Å². The average molecular weight is 391 g/mol. The SMILES string of the molecule is COc1ccccc1C1CCCN1C(=O)c1ccn(C2CCCNC2)n1.Cl. The van der Waals surface area contributed by atoms with E-state index in [2.05, 4.69) is 16.5 Å². The number of piperidine rings is 1. The van der Waals surface area contributed by atoms with Gasteiger partial charge < -0.3 is 15.0 Å². The molecule has 27 heavy (non-hydrogen) atoms. The number of carbonyl (C=O) groups is 1. The summed E-state index contributed by atoms with van der Waals surface area (Å²) >= 11 is 0. The van der Waals surface area contributed by atoms with Crippen molar-refractivity contribution in [2.75, 3.05) is 26.7 Å². The molecule has 6 nitrogen and oxygen atoms in total. The Kier molecular flexibility index (Phi) is 6.39. The Labute approximate surface area is 166 Å². The highest BCUT2D eigenvalue weighted by molar-refractivity contribution is 5.92. The molecular weight excluding hydrogens is 364 g/mol. The minimum Gasteiger partial charge on any atom is -0.496 e. The smallest absolute Gasteiger partial charge is 0.274 e. The van der Waals surface area contributed by atoms with Crippen LogP contribution in [0.2, 0.25) is 0 Å². The molecule has 0 spiro atoms. The van der Waals surface area contributed by atoms with Crippen molar-refractivity contribution in [2.45, 2.75) is 37.8 Å². The normalized spacial score (nSPS) is 22.3. The zero-order chi connectivity index (χ0) is 17.9. The van der Waals surface area contributed by atoms with Crippen molar-refractivity contribution in [1.82, 2.24) is 20.0 Å². The van der Waals surface area contributed by atoms with Crippen LogP contribution in [0.15, 0.2) is 36.5 Å². The minimum atomic E-state index is 0. The fraction of sp³-hybridized carbons (Fsp3) is 0.500. The summed E-state index contributed by atoms with van der Waals surface area (Å²) in [5, 5.41) is 8.00. The molecule has 4 rings (SSSR count). The van der Waals surface area contributed by atoms with E-state index in [0.717, 1.165) is 56.6 Å². The number of methoxy groups -OCH3 is 1. The predicted octanol–water partition coefficient (Wildman–Crippen LogP) is 3.22. The second-order valence-electron chi connectivity index (χ2n) is 7.08. The van der Waals surface area contributed by atoms with Crippen molar-refractivity contribution in [1.29, 1.82) is 0 Å². The maximum atomic E-state index is 13.1. The molecule has 7 heteroatoms. The number of amides is 1. The third-order valence-corrected chi connectivity index (χ3v) is 5.48. The van der Waals surface area contributed by atoms with E-state index in [1.54, 1.807) is 7.11 Å². The number of carbonyl (C=O) groups excluding carboxylic acids is 1. The maximum Gasteiger partial charge on any atom is 0.274 e. The first-order chi connectivity index (χ1) is 12.8. The Morgan fingerprint density at radius 2 is 2.07 bits per heavy atom. The second kappa shape index (κ2) is 8.76. The van der Waals surface area contributed by atoms with E-state index in [0.29, 0.717) is 11.7 Å². The zero-order valence-electron chi connectivity index (χ0n) is 15.6. The van der Waals surface area contributed by atoms with Crippen LogP contribution in [-0.2, 0) is 0 Å². The predicted molar refractivity (Wildman–Crippen MR) is 107 cm³/mol. The molecule has 2 fully saturated rings. The molecule has 1 N–H and O–H groups in total. The Bertz CT molecular complexity index is 773. The lowest BCUT2D eigenvalue weighted by molar-refractivity contribution is 0.0726. The standard InChI is InChI=1S/C20H26N4O2.ClH/c1-26-19-9-3-2-7-16(19)18-8-5-12-23(18)20(25)17-10-13-24(22-17)15-6-4-11-21-14-15;/h2-3,7,9-10,13,15,18,21H,4-6,8,11-12,14H2,1H3;1H. The van der Waals surface area contributed by atoms with Crippen molar-refractivity contribution in [2.24, 2.45) is 0 Å². The summed E-state index contributed by atoms with van der Waals surface area (Å²) in [5.74, 6) is 0.858. The molecule has 2 unspecified atom stereocenters. The Morgan fingerprint density at radius 1 is 1.22 bits per heavy atom. The molecule has 2 atom stereocenters. The van der Waals surface area contributed by atoms with Gasteiger partial charge in [0.15, 0.2) is 0 Å². The third kappa shape index (κ3) is 3.96. The number of para-hydroxylation sites is 1. The summed E-state index contributed by atoms with van der Waals surface area (Å²) in [5.41, 5.74) is 1.62. The van der Waals surface area contributed by atoms with Gasteiger partial charge in [0.1, 0.15) is 11.4 Å². The van der Waals surface area contributed by atoms with Gasteiger partial charge in [-0.05, 0) is 44.4 Å². The van der Waals surface area contributed by atoms with Gasteiger partial charge in [-0.25, -0.2) is 0 Å². The fourth-order valence-corrected chi connectivity index (χ4v) is 4.14. The van der Waals surface area contributed by atoms with Gasteiger partial charge in [0, 0.05) is 24.8 Å². The molecule has 2 aliphatic heterocycles. The highest BCUT2D eigenvalue weighted by Crippen LogP contribution is 2.37. The Balaban J connectivity index is 0.00000210. The van der Waals surface area contributed by atoms with Gasteiger partial charge in [-0.2, -0.15) is 5.10 Å². The number of hydrogen-bond donors (Lipinski definition) is 1. The molecule has 2 saturated heterocycles. The molecule has 0 bridgehead atoms. The molecule has 0 saturated carbocycles. The monoisotopic (exact) mass is 390 g/mol. The highest BCUT2D eigenvalue weighted by atomic mass is 35.5. The van der Waals surface area contributed by atoms with Crippen molar-refractivity contribution in [3.63, 3.8) is 0 Å². The third-order valence-electron chi connectivity index (χ3n) is 5.48. The lowest BCUT2D eigenvalue weighted by Crippen LogP contribution is -2.33. The molecule has 1 aromatic carbocycles. The largest absolute Gasteiger partial charge is 0.496 e. The molecule has 1 aromatic heterocycles. The summed E-state index contributed by atoms with van der Waals surface area (Å²) in [6.07, 6.45) is 6.16. The number of aromatic nitrogens is 2. The Hall–Kier alpha value is -2.05. The minimum absolute atomic E-state index is 0. The van der Waals surface area contributed by atoms with Crippen LogP contribution in [0.4, 0.5) is 0 Å². The highest BCUT2D eigenvalue weighted by Gasteiger charge is 2.33. The lowest BCUT2D eigenvalue weighted by atomic mass is 10.0. The van der Waals surface area contributed by atoms with Gasteiger partial charge in [0.05, 0.1) is 19.2 Å². The van der Waals surface area contributed by atoms with Crippen LogP contribution >= 0.6 is 12.4 Å². The van der Waals surface area contributed by atoms with Crippen LogP contribution in [0, 0.1) is 0 Å². The summed E-state index contributed by atoms with van der Waals surface area (Å²) in [6, 6.07) is 10.2. The van der Waals surface area contributed by atoms with Crippen molar-refractivity contribution >= 4 is 18.3 Å². The maximum absolute atomic E-state index is 13.1. The van der Waals surface area contributed by atoms with Crippen LogP contribution in [0.5, 0.6) is 5.75 Å². The molecule has 3 heterocycles. The van der Waals surface area contributed by atoms with Crippen LogP contribution < -0.4 is 10.1 Å². The van der Waals surface area contributed by atoms with E-state index < -0.39 is 0 Å². The number of hydrogen-bond acceptors (Lipinski definition) is 4. The number of rotatable bonds is 4. The van der Waals surface area contributed by atoms with Crippen LogP contribution in [0.25, 0.3) is 0 Å². The van der Waals surface area contributed by atoms with Crippen molar-refractivity contribution in [3.8, 4) is 5.75 Å². The molecule has 146 valence electrons. The fourth-order valence-electron chi connectivity index (χ4n) is 4.14. The summed E-state index contributed by atoms with van der Waals surface area (Å²) in [7, 11) is 1.68. The van der Waals surface area contributed by atoms with E-state index in [9.17, 15) is 4.79 Å². The molecule has 0 aliphatic carbocycles. The number of likely N-dealkylation sites (tertiary alicyclic amines) is 1. The number of halogens is 1. The molecule has 1 amide bonds. The molecule has 0 radical (unpaired) electrons. The number of nitrogens with one attached hydrogen (secondary N) is 1. The van der Waals surface area contributed by atoms with E-state index in [1.165, 1.54) is 0 Å². The van der Waals surface area contributed by atoms with Gasteiger partial charge in [-0.1, -0.05) is 18.2 Å². The second-order valence-corrected chi connectivity index (χ2v) is 7.08. The molecule has 2 aromatic rings. The van der Waals surface area contributed by atoms with Gasteiger partial charge in [0.25, 0.3) is 5.91 Å². The van der Waals surface area contributed by atoms with Crippen molar-refractivity contribution < 1.29 is 9.53 Å². The van der Waals surface area contributed by atoms with Gasteiger partial charge in [0.2, 0.25) is 0 Å². The lowest BCUT2D eigenvalue weighted by Gasteiger charge is -2.26. The van der Waals surface area contributed by atoms with Gasteiger partial charge >= 0.3 is 0 Å². The summed E-state index contributed by atoms with van der Waals surface area (Å²) in [4.78, 5) is 15.1. The Morgan fingerprint density at radius 3 is 2.85 bits per heavy atom. The first-order valence-electron chi connectivity index (χ1n) is 9.47. The van der Waals surface area contributed by atoms with E-state index in [4.69, 9.17) is 4.74 Å². The van der Waals surface area contributed by atoms with Gasteiger partial charge in [-0.3, -0.25) is 9.48 Å². The van der Waals surface area contributed by atoms with E-state index in [-0.39, 0.29) is 24.4 Å². The quantitative estimate of drug-likeness (QED) is 0.870. The van der Waals surface area contributed by atoms with E-state index >= 15 is 0 Å². The zero-order valence-corrected chi connectivity index (χ0v) is 16.5. The number of benzene rings is 1. The van der Waals surface area contributed by atoms with Crippen molar-refractivity contribution in [3.05, 3.63) is 47.8 Å². The van der Waals surface area contributed by atoms with Crippen LogP contribution in [0.1, 0.15) is 53.8 Å². The average Bonchev–Trinajstić information content (AvgIpc) is 3.38. The van der Waals surface area contributed by atoms with Crippen LogP contribution in [-0.4, -0.2) is 47.3 Å². The van der Waals surface area contributed by atoms with Gasteiger partial charge in [-0.15, -0.1) is 12.4 Å². The van der Waals surface area contributed by atoms with E-state index in [1.807, 2.05) is 40.0 Å². The first-order valence-corrected chi connectivity index (χ1v) is 9.47. The molecular formula is C20H27ClN4O2. The first kappa shape index (κ1) is 19.7.